The van der Waals surface area contributed by atoms with E-state index in [1.165, 1.54) is 33.3 Å². The molecule has 5 amide bonds. The summed E-state index contributed by atoms with van der Waals surface area (Å²) >= 11 is 0. The number of H-pyrrole nitrogens is 3. The van der Waals surface area contributed by atoms with Gasteiger partial charge in [0.15, 0.2) is 0 Å². The van der Waals surface area contributed by atoms with Crippen LogP contribution in [0, 0.1) is 37.5 Å². The average molecular weight is 1260 g/mol. The van der Waals surface area contributed by atoms with Crippen molar-refractivity contribution in [2.24, 2.45) is 23.5 Å². The predicted molar refractivity (Wildman–Crippen MR) is 339 cm³/mol. The molecule has 6 aliphatic rings. The first-order chi connectivity index (χ1) is 45.5. The zero-order valence-corrected chi connectivity index (χ0v) is 50.7. The molecule has 3 fully saturated rings. The Morgan fingerprint density at radius 2 is 0.830 bits per heavy atom. The first-order valence-corrected chi connectivity index (χ1v) is 29.9. The lowest BCUT2D eigenvalue weighted by atomic mass is 10.1. The van der Waals surface area contributed by atoms with Crippen molar-refractivity contribution in [2.45, 2.75) is 74.4 Å². The summed E-state index contributed by atoms with van der Waals surface area (Å²) in [5.74, 6) is 1.24. The quantitative estimate of drug-likeness (QED) is 0.0673. The summed E-state index contributed by atoms with van der Waals surface area (Å²) in [4.78, 5) is 114. The standard InChI is InChI=1S/2C22H19N7O2.C12H12N4O.C10H9N3O2/c2*1-23-13-9-16-14-10-15(14)18(22(31)29(2)20(16)24-11-13)26-21(30)19-25-17(27-28-19)8-12-6-4-3-5-7-12;1-14-6-3-9-7-4-8(7)10(13)12(17)16(2)11(9)15-5-6;14-10(15)9-11-8(12-13-9)6-7-4-2-1-3-5-7/h2*3-7,9,11,14-15,18H,8,10H2,2H3,(H,26,30)(H,25,27,28);3,5,7-8,10H,4,13H2,2H3;1-5H,6H2,(H,14,15)(H,11,12,13)/t2*14-,15+,18+;7-,8+,10+;/m111./s1. The van der Waals surface area contributed by atoms with E-state index in [4.69, 9.17) is 30.6 Å². The Morgan fingerprint density at radius 3 is 1.17 bits per heavy atom. The summed E-state index contributed by atoms with van der Waals surface area (Å²) in [5.41, 5.74) is 13.3. The molecule has 28 nitrogen and oxygen atoms in total. The van der Waals surface area contributed by atoms with E-state index < -0.39 is 35.9 Å². The van der Waals surface area contributed by atoms with Gasteiger partial charge in [-0.05, 0) is 106 Å². The number of pyridine rings is 3. The minimum Gasteiger partial charge on any atom is -0.475 e. The third-order valence-electron chi connectivity index (χ3n) is 17.2. The second kappa shape index (κ2) is 26.3. The van der Waals surface area contributed by atoms with Crippen molar-refractivity contribution in [2.75, 3.05) is 35.8 Å². The van der Waals surface area contributed by atoms with Gasteiger partial charge in [-0.3, -0.25) is 68.9 Å². The highest BCUT2D eigenvalue weighted by Gasteiger charge is 2.54. The van der Waals surface area contributed by atoms with Crippen LogP contribution < -0.4 is 31.1 Å². The number of amides is 5. The first kappa shape index (κ1) is 62.0. The van der Waals surface area contributed by atoms with Crippen LogP contribution >= 0.6 is 0 Å². The molecule has 0 saturated heterocycles. The number of benzene rings is 3. The maximum atomic E-state index is 13.1. The van der Waals surface area contributed by atoms with E-state index in [-0.39, 0.29) is 64.8 Å². The van der Waals surface area contributed by atoms with E-state index in [2.05, 4.69) is 85.7 Å². The van der Waals surface area contributed by atoms with Gasteiger partial charge in [-0.25, -0.2) is 34.3 Å². The van der Waals surface area contributed by atoms with Crippen LogP contribution in [0.25, 0.3) is 14.5 Å². The number of nitrogens with two attached hydrogens (primary N) is 1. The lowest BCUT2D eigenvalue weighted by molar-refractivity contribution is -0.121. The van der Waals surface area contributed by atoms with Gasteiger partial charge >= 0.3 is 5.97 Å². The van der Waals surface area contributed by atoms with Crippen LogP contribution in [0.5, 0.6) is 0 Å². The van der Waals surface area contributed by atoms with Crippen LogP contribution in [0.2, 0.25) is 0 Å². The second-order valence-electron chi connectivity index (χ2n) is 23.4. The molecule has 8 N–H and O–H groups in total. The fourth-order valence-electron chi connectivity index (χ4n) is 12.1. The van der Waals surface area contributed by atoms with Crippen molar-refractivity contribution in [1.29, 1.82) is 0 Å². The number of carbonyl (C=O) groups excluding carboxylic acids is 5. The number of aromatic amines is 3. The second-order valence-corrected chi connectivity index (χ2v) is 23.4. The van der Waals surface area contributed by atoms with Gasteiger partial charge in [0, 0.05) is 59.0 Å². The van der Waals surface area contributed by atoms with Crippen LogP contribution in [-0.4, -0.2) is 140 Å². The first-order valence-electron chi connectivity index (χ1n) is 29.9. The zero-order chi connectivity index (χ0) is 65.9. The van der Waals surface area contributed by atoms with Crippen LogP contribution in [0.15, 0.2) is 128 Å². The SMILES string of the molecule is O=C(O)c1n[nH]c(Cc2ccccc2)n1.[C-]#[N+]c1cnc2c(c1)[C@@H]1C[C@@H]1[C@H](N)C(=O)N2C.[C-]#[N+]c1cnc2c(c1)[C@@H]1C[C@@H]1[C@H](NC(=O)c1n[nH]c(Cc3ccccc3)n1)C(=O)N2C.[C-]#[N+]c1cnc2c(c1)[C@@H]1C[C@@H]1[C@H](NC(=O)c1n[nH]c(Cc3ccccc3)n1)C(=O)N2C. The monoisotopic (exact) mass is 1260 g/mol. The molecule has 3 aliphatic heterocycles. The fraction of sp³-hybridized carbons (Fsp3) is 0.273. The third kappa shape index (κ3) is 13.2. The predicted octanol–water partition coefficient (Wildman–Crippen LogP) is 6.57. The number of nitrogens with zero attached hydrogens (tertiary/aromatic N) is 15. The summed E-state index contributed by atoms with van der Waals surface area (Å²) < 4.78 is 0. The molecule has 0 spiro atoms. The smallest absolute Gasteiger partial charge is 0.375 e. The van der Waals surface area contributed by atoms with E-state index >= 15 is 0 Å². The Morgan fingerprint density at radius 1 is 0.511 bits per heavy atom. The van der Waals surface area contributed by atoms with Gasteiger partial charge in [0.2, 0.25) is 34.6 Å². The number of hydrogen-bond donors (Lipinski definition) is 7. The molecule has 3 aromatic carbocycles. The van der Waals surface area contributed by atoms with Crippen molar-refractivity contribution in [3.05, 3.63) is 230 Å². The molecule has 15 rings (SSSR count). The molecule has 9 heterocycles. The highest BCUT2D eigenvalue weighted by atomic mass is 16.4. The number of hydrogen-bond acceptors (Lipinski definition) is 16. The zero-order valence-electron chi connectivity index (χ0n) is 50.7. The van der Waals surface area contributed by atoms with Gasteiger partial charge in [0.25, 0.3) is 29.5 Å². The minimum absolute atomic E-state index is 0.00811. The summed E-state index contributed by atoms with van der Waals surface area (Å²) in [5, 5.41) is 34.1. The van der Waals surface area contributed by atoms with E-state index in [1.54, 1.807) is 33.3 Å². The Balaban J connectivity index is 0.000000126. The van der Waals surface area contributed by atoms with Gasteiger partial charge in [-0.2, -0.15) is 0 Å². The van der Waals surface area contributed by atoms with E-state index in [1.807, 2.05) is 97.1 Å². The number of anilines is 3. The molecular weight excluding hydrogens is 1200 g/mol. The highest BCUT2D eigenvalue weighted by molar-refractivity contribution is 6.04. The number of aromatic nitrogens is 12. The van der Waals surface area contributed by atoms with Crippen molar-refractivity contribution in [3.63, 3.8) is 0 Å². The Bertz CT molecular complexity index is 4350. The fourth-order valence-corrected chi connectivity index (χ4v) is 12.1. The molecule has 3 aliphatic carbocycles. The molecule has 9 atom stereocenters. The molecule has 9 aromatic rings. The lowest BCUT2D eigenvalue weighted by Crippen LogP contribution is -2.48. The maximum absolute atomic E-state index is 13.1. The summed E-state index contributed by atoms with van der Waals surface area (Å²) in [6.45, 7) is 21.4. The molecule has 0 radical (unpaired) electrons. The Labute approximate surface area is 537 Å². The van der Waals surface area contributed by atoms with Crippen LogP contribution in [-0.2, 0) is 33.6 Å². The highest BCUT2D eigenvalue weighted by Crippen LogP contribution is 2.56. The minimum atomic E-state index is -1.12. The van der Waals surface area contributed by atoms with Gasteiger partial charge in [0.05, 0.1) is 25.8 Å². The maximum Gasteiger partial charge on any atom is 0.375 e. The molecule has 470 valence electrons. The van der Waals surface area contributed by atoms with Crippen molar-refractivity contribution in [1.82, 2.24) is 71.1 Å². The molecule has 28 heteroatoms. The molecule has 6 aromatic heterocycles. The Kier molecular flexibility index (Phi) is 17.4. The third-order valence-corrected chi connectivity index (χ3v) is 17.2. The molecule has 0 unspecified atom stereocenters. The number of carboxylic acid groups (broad SMARTS) is 1. The largest absolute Gasteiger partial charge is 0.475 e. The van der Waals surface area contributed by atoms with Crippen molar-refractivity contribution in [3.8, 4) is 0 Å². The van der Waals surface area contributed by atoms with Gasteiger partial charge in [0.1, 0.15) is 47.0 Å². The number of nitrogens with one attached hydrogen (secondary N) is 5. The number of rotatable bonds is 11. The summed E-state index contributed by atoms with van der Waals surface area (Å²) in [6, 6.07) is 32.8. The topological polar surface area (TPSA) is 359 Å². The van der Waals surface area contributed by atoms with Gasteiger partial charge in [-0.1, -0.05) is 91.0 Å². The number of likely N-dealkylation sites (N-methyl/N-ethyl adjacent to an activating group) is 3. The number of carboxylic acids is 1. The normalized spacial score (nSPS) is 21.2. The Hall–Kier alpha value is -12.2. The lowest BCUT2D eigenvalue weighted by Gasteiger charge is -2.22. The van der Waals surface area contributed by atoms with Crippen LogP contribution in [0.3, 0.4) is 0 Å². The summed E-state index contributed by atoms with van der Waals surface area (Å²) in [6.07, 6.45) is 8.49. The van der Waals surface area contributed by atoms with Crippen molar-refractivity contribution < 1.29 is 33.9 Å². The van der Waals surface area contributed by atoms with Crippen LogP contribution in [0.1, 0.15) is 120 Å². The molecule has 0 bridgehead atoms. The molecular formula is C66H59N21O7. The number of fused-ring (bicyclic) bond motifs is 9. The van der Waals surface area contributed by atoms with Gasteiger partial charge < -0.3 is 21.5 Å². The molecule has 94 heavy (non-hydrogen) atoms. The average Bonchev–Trinajstić information content (AvgIpc) is 1.67. The van der Waals surface area contributed by atoms with Crippen molar-refractivity contribution >= 4 is 70.0 Å². The van der Waals surface area contributed by atoms with E-state index in [9.17, 15) is 28.8 Å². The van der Waals surface area contributed by atoms with Crippen LogP contribution in [0.4, 0.5) is 34.5 Å². The molecule has 3 saturated carbocycles. The van der Waals surface area contributed by atoms with Gasteiger partial charge in [-0.15, -0.1) is 15.3 Å². The number of aromatic carboxylic acids is 1. The number of carbonyl (C=O) groups is 6. The van der Waals surface area contributed by atoms with E-state index in [0.29, 0.717) is 77.2 Å². The summed E-state index contributed by atoms with van der Waals surface area (Å²) in [7, 11) is 4.97. The van der Waals surface area contributed by atoms with E-state index in [0.717, 1.165) is 52.6 Å².